The molecule has 30 heavy (non-hydrogen) atoms. The molecule has 2 aromatic rings. The lowest BCUT2D eigenvalue weighted by molar-refractivity contribution is 0.0699. The summed E-state index contributed by atoms with van der Waals surface area (Å²) in [5.41, 5.74) is 10.0. The quantitative estimate of drug-likeness (QED) is 0.620. The summed E-state index contributed by atoms with van der Waals surface area (Å²) in [6.07, 6.45) is 10.1. The zero-order valence-electron chi connectivity index (χ0n) is 17.7. The highest BCUT2D eigenvalue weighted by Gasteiger charge is 2.19. The first-order valence-corrected chi connectivity index (χ1v) is 11.4. The zero-order chi connectivity index (χ0) is 20.9. The first-order valence-electron chi connectivity index (χ1n) is 11.0. The molecule has 2 fully saturated rings. The van der Waals surface area contributed by atoms with E-state index in [1.807, 2.05) is 19.2 Å². The fraction of sp³-hybridized carbons (Fsp3) is 0.565. The number of hydrogen-bond acceptors (Lipinski definition) is 6. The second-order valence-electron chi connectivity index (χ2n) is 8.60. The summed E-state index contributed by atoms with van der Waals surface area (Å²) in [7, 11) is 0. The van der Waals surface area contributed by atoms with Gasteiger partial charge in [-0.1, -0.05) is 11.6 Å². The number of halogens is 1. The van der Waals surface area contributed by atoms with Gasteiger partial charge in [-0.3, -0.25) is 4.98 Å². The molecule has 2 aromatic heterocycles. The predicted molar refractivity (Wildman–Crippen MR) is 123 cm³/mol. The van der Waals surface area contributed by atoms with Gasteiger partial charge in [0.25, 0.3) is 0 Å². The number of hydrogen-bond donors (Lipinski definition) is 3. The van der Waals surface area contributed by atoms with Gasteiger partial charge in [0.2, 0.25) is 0 Å². The normalized spacial score (nSPS) is 22.6. The Labute approximate surface area is 184 Å². The molecule has 3 heterocycles. The molecule has 0 amide bonds. The molecule has 1 aliphatic heterocycles. The summed E-state index contributed by atoms with van der Waals surface area (Å²) in [4.78, 5) is 9.11. The molecule has 6 nitrogen and oxygen atoms in total. The van der Waals surface area contributed by atoms with Gasteiger partial charge in [0.1, 0.15) is 5.82 Å². The molecule has 0 bridgehead atoms. The Morgan fingerprint density at radius 1 is 1.07 bits per heavy atom. The fourth-order valence-corrected chi connectivity index (χ4v) is 4.49. The van der Waals surface area contributed by atoms with Crippen LogP contribution in [0.1, 0.15) is 44.2 Å². The van der Waals surface area contributed by atoms with E-state index in [0.29, 0.717) is 23.0 Å². The standard InChI is InChI=1S/C23H32ClN5O/c1-15-22(27-12-16-6-8-30-9-7-16)10-17(13-26-15)20-11-23(28-14-21(20)24)29-19-4-2-18(25)3-5-19/h10-11,13-14,16,18-19,27H,2-9,12,25H2,1H3,(H,28,29)/t18-,19-. The molecule has 0 unspecified atom stereocenters. The van der Waals surface area contributed by atoms with Crippen LogP contribution in [0.2, 0.25) is 5.02 Å². The van der Waals surface area contributed by atoms with Gasteiger partial charge in [-0.05, 0) is 63.5 Å². The minimum Gasteiger partial charge on any atom is -0.383 e. The van der Waals surface area contributed by atoms with Gasteiger partial charge in [0, 0.05) is 55.4 Å². The smallest absolute Gasteiger partial charge is 0.126 e. The highest BCUT2D eigenvalue weighted by molar-refractivity contribution is 6.33. The van der Waals surface area contributed by atoms with Crippen LogP contribution in [-0.4, -0.2) is 41.8 Å². The lowest BCUT2D eigenvalue weighted by Gasteiger charge is -2.27. The Morgan fingerprint density at radius 3 is 2.60 bits per heavy atom. The van der Waals surface area contributed by atoms with Gasteiger partial charge in [-0.15, -0.1) is 0 Å². The molecule has 1 saturated heterocycles. The van der Waals surface area contributed by atoms with Crippen LogP contribution in [0.3, 0.4) is 0 Å². The van der Waals surface area contributed by atoms with Crippen LogP contribution >= 0.6 is 11.6 Å². The number of nitrogens with two attached hydrogens (primary N) is 1. The van der Waals surface area contributed by atoms with Gasteiger partial charge in [-0.2, -0.15) is 0 Å². The number of aromatic nitrogens is 2. The Morgan fingerprint density at radius 2 is 1.83 bits per heavy atom. The van der Waals surface area contributed by atoms with Gasteiger partial charge in [0.15, 0.2) is 0 Å². The Hall–Kier alpha value is -1.89. The molecular weight excluding hydrogens is 398 g/mol. The third-order valence-corrected chi connectivity index (χ3v) is 6.60. The molecule has 0 atom stereocenters. The molecular formula is C23H32ClN5O. The van der Waals surface area contributed by atoms with Crippen molar-refractivity contribution in [2.24, 2.45) is 11.7 Å². The van der Waals surface area contributed by atoms with Gasteiger partial charge >= 0.3 is 0 Å². The number of ether oxygens (including phenoxy) is 1. The summed E-state index contributed by atoms with van der Waals surface area (Å²) in [6.45, 7) is 4.69. The zero-order valence-corrected chi connectivity index (χ0v) is 18.4. The summed E-state index contributed by atoms with van der Waals surface area (Å²) in [6, 6.07) is 4.93. The second-order valence-corrected chi connectivity index (χ2v) is 9.01. The van der Waals surface area contributed by atoms with E-state index < -0.39 is 0 Å². The molecule has 1 saturated carbocycles. The maximum absolute atomic E-state index is 6.51. The number of nitrogens with one attached hydrogen (secondary N) is 2. The predicted octanol–water partition coefficient (Wildman–Crippen LogP) is 4.63. The minimum atomic E-state index is 0.336. The van der Waals surface area contributed by atoms with E-state index in [4.69, 9.17) is 22.1 Å². The first kappa shape index (κ1) is 21.3. The Bertz CT molecular complexity index is 847. The van der Waals surface area contributed by atoms with Crippen molar-refractivity contribution in [3.63, 3.8) is 0 Å². The van der Waals surface area contributed by atoms with E-state index in [1.54, 1.807) is 6.20 Å². The largest absolute Gasteiger partial charge is 0.383 e. The van der Waals surface area contributed by atoms with Crippen molar-refractivity contribution in [3.8, 4) is 11.1 Å². The fourth-order valence-electron chi connectivity index (χ4n) is 4.28. The van der Waals surface area contributed by atoms with Crippen LogP contribution in [0.25, 0.3) is 11.1 Å². The highest BCUT2D eigenvalue weighted by atomic mass is 35.5. The average molecular weight is 430 g/mol. The van der Waals surface area contributed by atoms with Gasteiger partial charge in [-0.25, -0.2) is 4.98 Å². The van der Waals surface area contributed by atoms with Crippen molar-refractivity contribution in [2.75, 3.05) is 30.4 Å². The minimum absolute atomic E-state index is 0.336. The second kappa shape index (κ2) is 9.94. The number of anilines is 2. The topological polar surface area (TPSA) is 85.1 Å². The molecule has 0 radical (unpaired) electrons. The lowest BCUT2D eigenvalue weighted by Crippen LogP contribution is -2.33. The van der Waals surface area contributed by atoms with Crippen LogP contribution in [-0.2, 0) is 4.74 Å². The summed E-state index contributed by atoms with van der Waals surface area (Å²) < 4.78 is 5.46. The van der Waals surface area contributed by atoms with E-state index in [2.05, 4.69) is 26.7 Å². The molecule has 162 valence electrons. The first-order chi connectivity index (χ1) is 14.6. The van der Waals surface area contributed by atoms with Crippen LogP contribution < -0.4 is 16.4 Å². The SMILES string of the molecule is Cc1ncc(-c2cc(N[C@H]3CC[C@H](N)CC3)ncc2Cl)cc1NCC1CCOCC1. The third-order valence-electron chi connectivity index (χ3n) is 6.30. The summed E-state index contributed by atoms with van der Waals surface area (Å²) in [5, 5.41) is 7.78. The monoisotopic (exact) mass is 429 g/mol. The van der Waals surface area contributed by atoms with E-state index in [-0.39, 0.29) is 0 Å². The van der Waals surface area contributed by atoms with Crippen molar-refractivity contribution in [1.82, 2.24) is 9.97 Å². The average Bonchev–Trinajstić information content (AvgIpc) is 2.77. The molecule has 4 N–H and O–H groups in total. The molecule has 0 spiro atoms. The number of rotatable bonds is 6. The summed E-state index contributed by atoms with van der Waals surface area (Å²) >= 11 is 6.51. The van der Waals surface area contributed by atoms with Crippen molar-refractivity contribution in [2.45, 2.75) is 57.5 Å². The van der Waals surface area contributed by atoms with Crippen molar-refractivity contribution >= 4 is 23.1 Å². The van der Waals surface area contributed by atoms with Crippen molar-refractivity contribution in [3.05, 3.63) is 35.2 Å². The van der Waals surface area contributed by atoms with E-state index in [1.165, 1.54) is 0 Å². The maximum atomic E-state index is 6.51. The Kier molecular flexibility index (Phi) is 7.08. The molecule has 4 rings (SSSR count). The number of nitrogens with zero attached hydrogens (tertiary/aromatic N) is 2. The molecule has 2 aliphatic rings. The van der Waals surface area contributed by atoms with Crippen LogP contribution in [0.4, 0.5) is 11.5 Å². The van der Waals surface area contributed by atoms with Gasteiger partial charge < -0.3 is 21.1 Å². The Balaban J connectivity index is 1.48. The third kappa shape index (κ3) is 5.42. The van der Waals surface area contributed by atoms with E-state index >= 15 is 0 Å². The maximum Gasteiger partial charge on any atom is 0.126 e. The van der Waals surface area contributed by atoms with Gasteiger partial charge in [0.05, 0.1) is 16.4 Å². The summed E-state index contributed by atoms with van der Waals surface area (Å²) in [5.74, 6) is 1.50. The molecule has 1 aliphatic carbocycles. The van der Waals surface area contributed by atoms with Crippen LogP contribution in [0.5, 0.6) is 0 Å². The van der Waals surface area contributed by atoms with E-state index in [0.717, 1.165) is 86.6 Å². The van der Waals surface area contributed by atoms with Crippen LogP contribution in [0, 0.1) is 12.8 Å². The van der Waals surface area contributed by atoms with E-state index in [9.17, 15) is 0 Å². The van der Waals surface area contributed by atoms with Crippen molar-refractivity contribution in [1.29, 1.82) is 0 Å². The van der Waals surface area contributed by atoms with Crippen molar-refractivity contribution < 1.29 is 4.74 Å². The number of aryl methyl sites for hydroxylation is 1. The number of pyridine rings is 2. The highest BCUT2D eigenvalue weighted by Crippen LogP contribution is 2.32. The van der Waals surface area contributed by atoms with Crippen LogP contribution in [0.15, 0.2) is 24.5 Å². The lowest BCUT2D eigenvalue weighted by atomic mass is 9.92. The molecule has 7 heteroatoms. The molecule has 0 aromatic carbocycles.